The molecular formula is C20H22BrNO7S. The van der Waals surface area contributed by atoms with Crippen LogP contribution in [0.4, 0.5) is 10.5 Å². The summed E-state index contributed by atoms with van der Waals surface area (Å²) < 4.78 is 20.7. The molecule has 2 aromatic rings. The summed E-state index contributed by atoms with van der Waals surface area (Å²) in [6.07, 6.45) is -0.578. The number of hydrogen-bond acceptors (Lipinski definition) is 8. The van der Waals surface area contributed by atoms with Crippen molar-refractivity contribution in [3.8, 4) is 16.2 Å². The maximum Gasteiger partial charge on any atom is 0.411 e. The number of rotatable bonds is 6. The van der Waals surface area contributed by atoms with Crippen LogP contribution in [0.2, 0.25) is 0 Å². The van der Waals surface area contributed by atoms with Crippen LogP contribution < -0.4 is 10.1 Å². The van der Waals surface area contributed by atoms with Crippen LogP contribution in [0.15, 0.2) is 28.7 Å². The van der Waals surface area contributed by atoms with Gasteiger partial charge in [-0.05, 0) is 54.4 Å². The number of methoxy groups -OCH3 is 2. The number of anilines is 1. The molecule has 1 heterocycles. The van der Waals surface area contributed by atoms with Crippen molar-refractivity contribution in [3.05, 3.63) is 33.6 Å². The highest BCUT2D eigenvalue weighted by atomic mass is 79.9. The number of thiophene rings is 1. The van der Waals surface area contributed by atoms with Crippen LogP contribution in [0.5, 0.6) is 5.75 Å². The maximum atomic E-state index is 12.2. The molecule has 1 aromatic carbocycles. The van der Waals surface area contributed by atoms with Gasteiger partial charge in [0.05, 0.1) is 23.6 Å². The number of halogens is 1. The molecule has 0 aliphatic rings. The Labute approximate surface area is 186 Å². The Morgan fingerprint density at radius 2 is 1.70 bits per heavy atom. The van der Waals surface area contributed by atoms with Crippen LogP contribution in [0.1, 0.15) is 30.4 Å². The summed E-state index contributed by atoms with van der Waals surface area (Å²) in [5, 5.41) is 2.56. The van der Waals surface area contributed by atoms with Gasteiger partial charge in [-0.1, -0.05) is 12.1 Å². The second-order valence-electron chi connectivity index (χ2n) is 6.96. The van der Waals surface area contributed by atoms with Gasteiger partial charge < -0.3 is 18.9 Å². The van der Waals surface area contributed by atoms with E-state index in [9.17, 15) is 14.4 Å². The van der Waals surface area contributed by atoms with E-state index in [2.05, 4.69) is 26.0 Å². The van der Waals surface area contributed by atoms with Crippen LogP contribution in [0.25, 0.3) is 10.4 Å². The van der Waals surface area contributed by atoms with E-state index in [1.807, 2.05) is 0 Å². The van der Waals surface area contributed by atoms with Crippen molar-refractivity contribution in [2.24, 2.45) is 0 Å². The van der Waals surface area contributed by atoms with Gasteiger partial charge in [0, 0.05) is 5.69 Å². The Morgan fingerprint density at radius 1 is 1.07 bits per heavy atom. The van der Waals surface area contributed by atoms with E-state index in [0.717, 1.165) is 16.9 Å². The summed E-state index contributed by atoms with van der Waals surface area (Å²) in [6, 6.07) is 6.91. The first-order valence-electron chi connectivity index (χ1n) is 8.76. The standard InChI is InChI=1S/C20H22BrNO7S/c1-20(2,3)29-13(23)10-28-15-14(21)16(30-17(15)18(24)26-4)11-6-8-12(9-7-11)22-19(25)27-5/h6-9H,10H2,1-5H3,(H,22,25). The molecule has 0 aliphatic carbocycles. The van der Waals surface area contributed by atoms with Crippen molar-refractivity contribution in [1.82, 2.24) is 0 Å². The van der Waals surface area contributed by atoms with Crippen molar-refractivity contribution < 1.29 is 33.3 Å². The molecule has 0 unspecified atom stereocenters. The first-order valence-corrected chi connectivity index (χ1v) is 10.4. The van der Waals surface area contributed by atoms with E-state index < -0.39 is 23.6 Å². The zero-order chi connectivity index (χ0) is 22.5. The lowest BCUT2D eigenvalue weighted by molar-refractivity contribution is -0.157. The number of amides is 1. The number of carbonyl (C=O) groups excluding carboxylic acids is 3. The van der Waals surface area contributed by atoms with E-state index in [1.165, 1.54) is 14.2 Å². The Kier molecular flexibility index (Phi) is 7.85. The zero-order valence-electron chi connectivity index (χ0n) is 17.2. The molecule has 1 N–H and O–H groups in total. The normalized spacial score (nSPS) is 10.9. The summed E-state index contributed by atoms with van der Waals surface area (Å²) in [6.45, 7) is 4.89. The van der Waals surface area contributed by atoms with Gasteiger partial charge in [-0.3, -0.25) is 5.32 Å². The number of benzene rings is 1. The molecule has 0 saturated carbocycles. The van der Waals surface area contributed by atoms with Gasteiger partial charge in [-0.15, -0.1) is 11.3 Å². The average molecular weight is 500 g/mol. The lowest BCUT2D eigenvalue weighted by atomic mass is 10.1. The minimum Gasteiger partial charge on any atom is -0.479 e. The maximum absolute atomic E-state index is 12.2. The highest BCUT2D eigenvalue weighted by Gasteiger charge is 2.26. The molecule has 8 nitrogen and oxygen atoms in total. The first-order chi connectivity index (χ1) is 14.1. The summed E-state index contributed by atoms with van der Waals surface area (Å²) in [4.78, 5) is 36.4. The smallest absolute Gasteiger partial charge is 0.411 e. The number of carbonyl (C=O) groups is 3. The lowest BCUT2D eigenvalue weighted by Gasteiger charge is -2.19. The topological polar surface area (TPSA) is 100 Å². The molecule has 2 rings (SSSR count). The third-order valence-corrected chi connectivity index (χ3v) is 5.73. The van der Waals surface area contributed by atoms with Gasteiger partial charge in [-0.2, -0.15) is 0 Å². The van der Waals surface area contributed by atoms with Crippen LogP contribution in [-0.4, -0.2) is 44.5 Å². The Balaban J connectivity index is 2.30. The third kappa shape index (κ3) is 6.20. The SMILES string of the molecule is COC(=O)Nc1ccc(-c2sc(C(=O)OC)c(OCC(=O)OC(C)(C)C)c2Br)cc1. The van der Waals surface area contributed by atoms with E-state index in [-0.39, 0.29) is 17.2 Å². The van der Waals surface area contributed by atoms with Crippen molar-refractivity contribution in [3.63, 3.8) is 0 Å². The van der Waals surface area contributed by atoms with Gasteiger partial charge in [-0.25, -0.2) is 14.4 Å². The summed E-state index contributed by atoms with van der Waals surface area (Å²) in [7, 11) is 2.54. The van der Waals surface area contributed by atoms with Crippen LogP contribution in [0, 0.1) is 0 Å². The van der Waals surface area contributed by atoms with E-state index in [1.54, 1.807) is 45.0 Å². The minimum absolute atomic E-state index is 0.199. The molecule has 0 radical (unpaired) electrons. The van der Waals surface area contributed by atoms with Crippen LogP contribution >= 0.6 is 27.3 Å². The molecular weight excluding hydrogens is 478 g/mol. The molecule has 30 heavy (non-hydrogen) atoms. The summed E-state index contributed by atoms with van der Waals surface area (Å²) >= 11 is 4.60. The second-order valence-corrected chi connectivity index (χ2v) is 8.78. The van der Waals surface area contributed by atoms with Gasteiger partial charge in [0.2, 0.25) is 0 Å². The molecule has 0 atom stereocenters. The van der Waals surface area contributed by atoms with Crippen molar-refractivity contribution >= 4 is 51.0 Å². The van der Waals surface area contributed by atoms with E-state index in [4.69, 9.17) is 14.2 Å². The lowest BCUT2D eigenvalue weighted by Crippen LogP contribution is -2.27. The zero-order valence-corrected chi connectivity index (χ0v) is 19.6. The predicted octanol–water partition coefficient (Wildman–Crippen LogP) is 4.86. The van der Waals surface area contributed by atoms with E-state index >= 15 is 0 Å². The Bertz CT molecular complexity index is 932. The van der Waals surface area contributed by atoms with Crippen molar-refractivity contribution in [2.45, 2.75) is 26.4 Å². The summed E-state index contributed by atoms with van der Waals surface area (Å²) in [5.74, 6) is -0.948. The number of nitrogens with one attached hydrogen (secondary N) is 1. The fourth-order valence-corrected chi connectivity index (χ4v) is 4.29. The molecule has 0 saturated heterocycles. The minimum atomic E-state index is -0.650. The number of hydrogen-bond donors (Lipinski definition) is 1. The first kappa shape index (κ1) is 23.7. The van der Waals surface area contributed by atoms with Crippen LogP contribution in [0.3, 0.4) is 0 Å². The van der Waals surface area contributed by atoms with Gasteiger partial charge in [0.25, 0.3) is 0 Å². The highest BCUT2D eigenvalue weighted by molar-refractivity contribution is 9.10. The highest BCUT2D eigenvalue weighted by Crippen LogP contribution is 2.46. The van der Waals surface area contributed by atoms with Gasteiger partial charge in [0.15, 0.2) is 17.2 Å². The Morgan fingerprint density at radius 3 is 2.23 bits per heavy atom. The molecule has 10 heteroatoms. The Hall–Kier alpha value is -2.59. The molecule has 0 bridgehead atoms. The van der Waals surface area contributed by atoms with Gasteiger partial charge in [0.1, 0.15) is 5.60 Å². The number of esters is 2. The fourth-order valence-electron chi connectivity index (χ4n) is 2.31. The molecule has 1 amide bonds. The van der Waals surface area contributed by atoms with E-state index in [0.29, 0.717) is 15.0 Å². The summed E-state index contributed by atoms with van der Waals surface area (Å²) in [5.41, 5.74) is 0.662. The quantitative estimate of drug-likeness (QED) is 0.447. The van der Waals surface area contributed by atoms with Gasteiger partial charge >= 0.3 is 18.0 Å². The molecule has 162 valence electrons. The predicted molar refractivity (Wildman–Crippen MR) is 116 cm³/mol. The van der Waals surface area contributed by atoms with Crippen molar-refractivity contribution in [1.29, 1.82) is 0 Å². The fraction of sp³-hybridized carbons (Fsp3) is 0.350. The number of ether oxygens (including phenoxy) is 4. The van der Waals surface area contributed by atoms with Crippen molar-refractivity contribution in [2.75, 3.05) is 26.1 Å². The third-order valence-electron chi connectivity index (χ3n) is 3.51. The van der Waals surface area contributed by atoms with Crippen LogP contribution in [-0.2, 0) is 19.0 Å². The molecule has 0 fully saturated rings. The monoisotopic (exact) mass is 499 g/mol. The second kappa shape index (κ2) is 9.94. The average Bonchev–Trinajstić information content (AvgIpc) is 3.01. The largest absolute Gasteiger partial charge is 0.479 e. The molecule has 1 aromatic heterocycles. The molecule has 0 aliphatic heterocycles. The molecule has 0 spiro atoms.